The Bertz CT molecular complexity index is 599. The van der Waals surface area contributed by atoms with E-state index in [-0.39, 0.29) is 18.1 Å². The zero-order chi connectivity index (χ0) is 14.4. The van der Waals surface area contributed by atoms with E-state index < -0.39 is 0 Å². The third-order valence-electron chi connectivity index (χ3n) is 2.99. The molecule has 0 saturated heterocycles. The van der Waals surface area contributed by atoms with Crippen molar-refractivity contribution in [2.75, 3.05) is 12.3 Å². The summed E-state index contributed by atoms with van der Waals surface area (Å²) in [6.07, 6.45) is 0.762. The van der Waals surface area contributed by atoms with E-state index in [1.807, 2.05) is 12.1 Å². The van der Waals surface area contributed by atoms with E-state index in [9.17, 15) is 9.18 Å². The van der Waals surface area contributed by atoms with E-state index >= 15 is 0 Å². The summed E-state index contributed by atoms with van der Waals surface area (Å²) >= 11 is 0. The topological polar surface area (TPSA) is 55.1 Å². The summed E-state index contributed by atoms with van der Waals surface area (Å²) in [6, 6.07) is 13.8. The lowest BCUT2D eigenvalue weighted by Gasteiger charge is -2.06. The van der Waals surface area contributed by atoms with Gasteiger partial charge in [-0.2, -0.15) is 0 Å². The Hall–Kier alpha value is -2.36. The summed E-state index contributed by atoms with van der Waals surface area (Å²) in [5.74, 6) is -0.329. The van der Waals surface area contributed by atoms with E-state index in [1.54, 1.807) is 30.3 Å². The molecule has 2 aromatic carbocycles. The highest BCUT2D eigenvalue weighted by Crippen LogP contribution is 2.08. The van der Waals surface area contributed by atoms with Gasteiger partial charge in [-0.3, -0.25) is 4.79 Å². The number of nitrogens with one attached hydrogen (secondary N) is 1. The Labute approximate surface area is 117 Å². The van der Waals surface area contributed by atoms with Crippen molar-refractivity contribution < 1.29 is 9.18 Å². The van der Waals surface area contributed by atoms with Gasteiger partial charge >= 0.3 is 0 Å². The number of nitrogen functional groups attached to an aromatic ring is 1. The van der Waals surface area contributed by atoms with Crippen molar-refractivity contribution in [3.8, 4) is 0 Å². The van der Waals surface area contributed by atoms with Crippen LogP contribution in [0.1, 0.15) is 11.1 Å². The van der Waals surface area contributed by atoms with E-state index in [0.717, 1.165) is 5.56 Å². The van der Waals surface area contributed by atoms with Crippen LogP contribution in [-0.2, 0) is 17.6 Å². The molecule has 20 heavy (non-hydrogen) atoms. The van der Waals surface area contributed by atoms with Gasteiger partial charge < -0.3 is 11.1 Å². The van der Waals surface area contributed by atoms with Crippen LogP contribution in [0.15, 0.2) is 48.5 Å². The van der Waals surface area contributed by atoms with Crippen LogP contribution in [0, 0.1) is 5.82 Å². The van der Waals surface area contributed by atoms with Gasteiger partial charge in [-0.25, -0.2) is 4.39 Å². The quantitative estimate of drug-likeness (QED) is 0.821. The predicted octanol–water partition coefficient (Wildman–Crippen LogP) is 2.31. The van der Waals surface area contributed by atoms with Gasteiger partial charge in [0, 0.05) is 12.2 Å². The van der Waals surface area contributed by atoms with Crippen molar-refractivity contribution >= 4 is 11.6 Å². The maximum atomic E-state index is 13.4. The second-order valence-electron chi connectivity index (χ2n) is 4.61. The molecule has 3 N–H and O–H groups in total. The number of carbonyl (C=O) groups excluding carboxylic acids is 1. The molecule has 0 radical (unpaired) electrons. The fourth-order valence-corrected chi connectivity index (χ4v) is 1.99. The zero-order valence-corrected chi connectivity index (χ0v) is 11.1. The molecule has 1 amide bonds. The lowest BCUT2D eigenvalue weighted by molar-refractivity contribution is -0.120. The molecule has 0 heterocycles. The van der Waals surface area contributed by atoms with Gasteiger partial charge in [0.2, 0.25) is 5.91 Å². The molecular formula is C16H17FN2O. The van der Waals surface area contributed by atoms with Crippen molar-refractivity contribution in [1.82, 2.24) is 5.32 Å². The maximum Gasteiger partial charge on any atom is 0.224 e. The van der Waals surface area contributed by atoms with Gasteiger partial charge in [0.25, 0.3) is 0 Å². The monoisotopic (exact) mass is 272 g/mol. The molecule has 2 aromatic rings. The first-order chi connectivity index (χ1) is 9.65. The third-order valence-corrected chi connectivity index (χ3v) is 2.99. The number of hydrogen-bond donors (Lipinski definition) is 2. The first-order valence-electron chi connectivity index (χ1n) is 6.49. The standard InChI is InChI=1S/C16H17FN2O/c17-15-7-2-1-5-13(15)8-9-19-16(20)11-12-4-3-6-14(18)10-12/h1-7,10H,8-9,11,18H2,(H,19,20). The summed E-state index contributed by atoms with van der Waals surface area (Å²) in [5.41, 5.74) is 7.77. The van der Waals surface area contributed by atoms with Crippen molar-refractivity contribution in [3.63, 3.8) is 0 Å². The van der Waals surface area contributed by atoms with Gasteiger partial charge in [0.1, 0.15) is 5.82 Å². The minimum Gasteiger partial charge on any atom is -0.399 e. The Kier molecular flexibility index (Phi) is 4.71. The van der Waals surface area contributed by atoms with Crippen LogP contribution < -0.4 is 11.1 Å². The van der Waals surface area contributed by atoms with Crippen LogP contribution in [0.4, 0.5) is 10.1 Å². The van der Waals surface area contributed by atoms with Gasteiger partial charge in [0.15, 0.2) is 0 Å². The average molecular weight is 272 g/mol. The minimum absolute atomic E-state index is 0.0908. The summed E-state index contributed by atoms with van der Waals surface area (Å²) in [7, 11) is 0. The number of hydrogen-bond acceptors (Lipinski definition) is 2. The number of carbonyl (C=O) groups is 1. The Morgan fingerprint density at radius 2 is 1.95 bits per heavy atom. The van der Waals surface area contributed by atoms with Crippen LogP contribution in [0.2, 0.25) is 0 Å². The molecule has 0 bridgehead atoms. The number of halogens is 1. The molecule has 3 nitrogen and oxygen atoms in total. The van der Waals surface area contributed by atoms with Crippen LogP contribution in [0.3, 0.4) is 0 Å². The highest BCUT2D eigenvalue weighted by atomic mass is 19.1. The molecule has 0 aliphatic heterocycles. The number of amides is 1. The number of anilines is 1. The third kappa shape index (κ3) is 4.09. The van der Waals surface area contributed by atoms with Gasteiger partial charge in [-0.05, 0) is 35.7 Å². The van der Waals surface area contributed by atoms with Crippen LogP contribution in [0.5, 0.6) is 0 Å². The van der Waals surface area contributed by atoms with Gasteiger partial charge in [-0.1, -0.05) is 30.3 Å². The molecular weight excluding hydrogens is 255 g/mol. The fourth-order valence-electron chi connectivity index (χ4n) is 1.99. The van der Waals surface area contributed by atoms with Gasteiger partial charge in [-0.15, -0.1) is 0 Å². The molecule has 0 unspecified atom stereocenters. The SMILES string of the molecule is Nc1cccc(CC(=O)NCCc2ccccc2F)c1. The van der Waals surface area contributed by atoms with Crippen molar-refractivity contribution in [3.05, 3.63) is 65.5 Å². The highest BCUT2D eigenvalue weighted by Gasteiger charge is 2.05. The summed E-state index contributed by atoms with van der Waals surface area (Å²) in [6.45, 7) is 0.419. The predicted molar refractivity (Wildman–Crippen MR) is 77.7 cm³/mol. The Morgan fingerprint density at radius 3 is 2.70 bits per heavy atom. The summed E-state index contributed by atoms with van der Waals surface area (Å²) in [5, 5.41) is 2.78. The molecule has 104 valence electrons. The second-order valence-corrected chi connectivity index (χ2v) is 4.61. The Balaban J connectivity index is 1.80. The first kappa shape index (κ1) is 14.1. The first-order valence-corrected chi connectivity index (χ1v) is 6.49. The lowest BCUT2D eigenvalue weighted by atomic mass is 10.1. The van der Waals surface area contributed by atoms with E-state index in [1.165, 1.54) is 6.07 Å². The Morgan fingerprint density at radius 1 is 1.15 bits per heavy atom. The molecule has 0 aliphatic rings. The largest absolute Gasteiger partial charge is 0.399 e. The maximum absolute atomic E-state index is 13.4. The van der Waals surface area contributed by atoms with Gasteiger partial charge in [0.05, 0.1) is 6.42 Å². The van der Waals surface area contributed by atoms with Crippen molar-refractivity contribution in [2.24, 2.45) is 0 Å². The average Bonchev–Trinajstić information content (AvgIpc) is 2.41. The van der Waals surface area contributed by atoms with Crippen LogP contribution in [0.25, 0.3) is 0 Å². The van der Waals surface area contributed by atoms with Crippen molar-refractivity contribution in [2.45, 2.75) is 12.8 Å². The van der Waals surface area contributed by atoms with E-state index in [2.05, 4.69) is 5.32 Å². The van der Waals surface area contributed by atoms with Crippen LogP contribution in [-0.4, -0.2) is 12.5 Å². The lowest BCUT2D eigenvalue weighted by Crippen LogP contribution is -2.27. The minimum atomic E-state index is -0.238. The molecule has 0 aliphatic carbocycles. The van der Waals surface area contributed by atoms with Crippen molar-refractivity contribution in [1.29, 1.82) is 0 Å². The molecule has 0 saturated carbocycles. The normalized spacial score (nSPS) is 10.2. The number of rotatable bonds is 5. The summed E-state index contributed by atoms with van der Waals surface area (Å²) < 4.78 is 13.4. The number of nitrogens with two attached hydrogens (primary N) is 1. The fraction of sp³-hybridized carbons (Fsp3) is 0.188. The summed E-state index contributed by atoms with van der Waals surface area (Å²) in [4.78, 5) is 11.8. The van der Waals surface area contributed by atoms with Crippen LogP contribution >= 0.6 is 0 Å². The smallest absolute Gasteiger partial charge is 0.224 e. The molecule has 0 atom stereocenters. The molecule has 0 spiro atoms. The zero-order valence-electron chi connectivity index (χ0n) is 11.1. The second kappa shape index (κ2) is 6.70. The molecule has 4 heteroatoms. The highest BCUT2D eigenvalue weighted by molar-refractivity contribution is 5.78. The molecule has 0 fully saturated rings. The number of benzene rings is 2. The molecule has 2 rings (SSSR count). The molecule has 0 aromatic heterocycles. The van der Waals surface area contributed by atoms with E-state index in [4.69, 9.17) is 5.73 Å². The van der Waals surface area contributed by atoms with E-state index in [0.29, 0.717) is 24.2 Å².